The van der Waals surface area contributed by atoms with Crippen LogP contribution in [0.3, 0.4) is 0 Å². The standard InChI is InChI=1S/C26H24ClFN2O/c1-17-18(2)30(16-20-5-10-23(28)11-6-20)25-12-7-21(15-24(17)25)26(31)29-14-13-19-3-8-22(27)9-4-19/h3-12,15H,13-14,16H2,1-2H3,(H,29,31). The van der Waals surface area contributed by atoms with Crippen LogP contribution in [0, 0.1) is 19.7 Å². The van der Waals surface area contributed by atoms with Gasteiger partial charge in [-0.2, -0.15) is 0 Å². The Balaban J connectivity index is 1.50. The fraction of sp³-hybridized carbons (Fsp3) is 0.192. The van der Waals surface area contributed by atoms with Gasteiger partial charge in [0.1, 0.15) is 5.82 Å². The topological polar surface area (TPSA) is 34.0 Å². The van der Waals surface area contributed by atoms with E-state index in [2.05, 4.69) is 23.7 Å². The molecule has 0 atom stereocenters. The van der Waals surface area contributed by atoms with Crippen molar-refractivity contribution in [1.82, 2.24) is 9.88 Å². The molecule has 158 valence electrons. The van der Waals surface area contributed by atoms with Gasteiger partial charge in [-0.05, 0) is 79.4 Å². The summed E-state index contributed by atoms with van der Waals surface area (Å²) in [7, 11) is 0. The van der Waals surface area contributed by atoms with E-state index in [1.807, 2.05) is 42.5 Å². The largest absolute Gasteiger partial charge is 0.352 e. The Morgan fingerprint density at radius 1 is 0.968 bits per heavy atom. The Bertz CT molecular complexity index is 1230. The van der Waals surface area contributed by atoms with Crippen LogP contribution < -0.4 is 5.32 Å². The maximum atomic E-state index is 13.2. The van der Waals surface area contributed by atoms with Gasteiger partial charge < -0.3 is 9.88 Å². The average Bonchev–Trinajstić information content (AvgIpc) is 3.01. The molecule has 1 amide bonds. The van der Waals surface area contributed by atoms with Gasteiger partial charge in [-0.1, -0.05) is 35.9 Å². The van der Waals surface area contributed by atoms with E-state index in [0.29, 0.717) is 23.7 Å². The van der Waals surface area contributed by atoms with Crippen molar-refractivity contribution in [2.75, 3.05) is 6.54 Å². The van der Waals surface area contributed by atoms with Crippen LogP contribution in [0.15, 0.2) is 66.7 Å². The zero-order chi connectivity index (χ0) is 22.0. The number of hydrogen-bond acceptors (Lipinski definition) is 1. The zero-order valence-electron chi connectivity index (χ0n) is 17.6. The van der Waals surface area contributed by atoms with Gasteiger partial charge in [-0.15, -0.1) is 0 Å². The number of aryl methyl sites for hydroxylation is 1. The molecular formula is C26H24ClFN2O. The molecule has 4 rings (SSSR count). The minimum Gasteiger partial charge on any atom is -0.352 e. The predicted molar refractivity (Wildman–Crippen MR) is 124 cm³/mol. The average molecular weight is 435 g/mol. The number of nitrogens with zero attached hydrogens (tertiary/aromatic N) is 1. The highest BCUT2D eigenvalue weighted by Gasteiger charge is 2.14. The molecule has 0 radical (unpaired) electrons. The van der Waals surface area contributed by atoms with Crippen molar-refractivity contribution in [2.24, 2.45) is 0 Å². The molecule has 1 heterocycles. The third-order valence-corrected chi connectivity index (χ3v) is 6.02. The van der Waals surface area contributed by atoms with Gasteiger partial charge in [0.15, 0.2) is 0 Å². The lowest BCUT2D eigenvalue weighted by Crippen LogP contribution is -2.25. The molecule has 0 saturated carbocycles. The number of halogens is 2. The van der Waals surface area contributed by atoms with Crippen LogP contribution in [-0.4, -0.2) is 17.0 Å². The number of carbonyl (C=O) groups excluding carboxylic acids is 1. The normalized spacial score (nSPS) is 11.1. The fourth-order valence-electron chi connectivity index (χ4n) is 3.84. The van der Waals surface area contributed by atoms with Crippen molar-refractivity contribution in [3.63, 3.8) is 0 Å². The molecule has 0 spiro atoms. The number of hydrogen-bond donors (Lipinski definition) is 1. The van der Waals surface area contributed by atoms with Gasteiger partial charge in [0.25, 0.3) is 5.91 Å². The molecule has 0 fully saturated rings. The van der Waals surface area contributed by atoms with Crippen LogP contribution in [0.25, 0.3) is 10.9 Å². The quantitative estimate of drug-likeness (QED) is 0.392. The SMILES string of the molecule is Cc1c(C)n(Cc2ccc(F)cc2)c2ccc(C(=O)NCCc3ccc(Cl)cc3)cc12. The molecule has 0 aliphatic rings. The first kappa shape index (κ1) is 21.1. The van der Waals surface area contributed by atoms with Gasteiger partial charge in [0, 0.05) is 40.3 Å². The van der Waals surface area contributed by atoms with Crippen LogP contribution in [0.1, 0.15) is 32.7 Å². The summed E-state index contributed by atoms with van der Waals surface area (Å²) in [5.74, 6) is -0.320. The van der Waals surface area contributed by atoms with E-state index in [0.717, 1.165) is 39.7 Å². The second-order valence-corrected chi connectivity index (χ2v) is 8.22. The summed E-state index contributed by atoms with van der Waals surface area (Å²) < 4.78 is 15.4. The third kappa shape index (κ3) is 4.64. The fourth-order valence-corrected chi connectivity index (χ4v) is 3.97. The maximum absolute atomic E-state index is 13.2. The number of rotatable bonds is 6. The van der Waals surface area contributed by atoms with Crippen LogP contribution in [0.4, 0.5) is 4.39 Å². The summed E-state index contributed by atoms with van der Waals surface area (Å²) in [4.78, 5) is 12.7. The summed E-state index contributed by atoms with van der Waals surface area (Å²) in [6.45, 7) is 5.36. The molecule has 0 aliphatic heterocycles. The Morgan fingerprint density at radius 2 is 1.65 bits per heavy atom. The van der Waals surface area contributed by atoms with Gasteiger partial charge in [-0.25, -0.2) is 4.39 Å². The Kier molecular flexibility index (Phi) is 6.10. The molecule has 31 heavy (non-hydrogen) atoms. The number of carbonyl (C=O) groups is 1. The number of benzene rings is 3. The number of aromatic nitrogens is 1. The maximum Gasteiger partial charge on any atom is 0.251 e. The second kappa shape index (κ2) is 8.94. The first-order chi connectivity index (χ1) is 14.9. The highest BCUT2D eigenvalue weighted by Crippen LogP contribution is 2.27. The van der Waals surface area contributed by atoms with Crippen LogP contribution >= 0.6 is 11.6 Å². The monoisotopic (exact) mass is 434 g/mol. The van der Waals surface area contributed by atoms with E-state index in [1.54, 1.807) is 12.1 Å². The molecule has 4 aromatic rings. The van der Waals surface area contributed by atoms with Crippen LogP contribution in [0.5, 0.6) is 0 Å². The van der Waals surface area contributed by atoms with E-state index in [4.69, 9.17) is 11.6 Å². The van der Waals surface area contributed by atoms with Gasteiger partial charge >= 0.3 is 0 Å². The Hall–Kier alpha value is -3.11. The highest BCUT2D eigenvalue weighted by atomic mass is 35.5. The van der Waals surface area contributed by atoms with Crippen molar-refractivity contribution < 1.29 is 9.18 Å². The molecule has 3 nitrogen and oxygen atoms in total. The first-order valence-corrected chi connectivity index (χ1v) is 10.7. The lowest BCUT2D eigenvalue weighted by molar-refractivity contribution is 0.0954. The lowest BCUT2D eigenvalue weighted by Gasteiger charge is -2.09. The number of nitrogens with one attached hydrogen (secondary N) is 1. The molecule has 0 unspecified atom stereocenters. The number of fused-ring (bicyclic) bond motifs is 1. The molecule has 1 aromatic heterocycles. The van der Waals surface area contributed by atoms with Gasteiger partial charge in [0.2, 0.25) is 0 Å². The van der Waals surface area contributed by atoms with Crippen molar-refractivity contribution in [2.45, 2.75) is 26.8 Å². The molecule has 0 bridgehead atoms. The van der Waals surface area contributed by atoms with E-state index in [9.17, 15) is 9.18 Å². The lowest BCUT2D eigenvalue weighted by atomic mass is 10.1. The number of amides is 1. The smallest absolute Gasteiger partial charge is 0.251 e. The molecule has 5 heteroatoms. The first-order valence-electron chi connectivity index (χ1n) is 10.3. The zero-order valence-corrected chi connectivity index (χ0v) is 18.3. The van der Waals surface area contributed by atoms with E-state index >= 15 is 0 Å². The summed E-state index contributed by atoms with van der Waals surface area (Å²) in [6.07, 6.45) is 0.747. The predicted octanol–water partition coefficient (Wildman–Crippen LogP) is 6.07. The van der Waals surface area contributed by atoms with E-state index in [-0.39, 0.29) is 11.7 Å². The van der Waals surface area contributed by atoms with E-state index < -0.39 is 0 Å². The second-order valence-electron chi connectivity index (χ2n) is 7.79. The Morgan fingerprint density at radius 3 is 2.35 bits per heavy atom. The molecular weight excluding hydrogens is 411 g/mol. The van der Waals surface area contributed by atoms with Crippen molar-refractivity contribution >= 4 is 28.4 Å². The molecule has 3 aromatic carbocycles. The summed E-state index contributed by atoms with van der Waals surface area (Å²) in [5.41, 5.74) is 6.16. The highest BCUT2D eigenvalue weighted by molar-refractivity contribution is 6.30. The van der Waals surface area contributed by atoms with Crippen LogP contribution in [-0.2, 0) is 13.0 Å². The van der Waals surface area contributed by atoms with E-state index in [1.165, 1.54) is 12.1 Å². The summed E-state index contributed by atoms with van der Waals surface area (Å²) >= 11 is 5.91. The molecule has 0 saturated heterocycles. The Labute approximate surface area is 186 Å². The van der Waals surface area contributed by atoms with Crippen molar-refractivity contribution in [1.29, 1.82) is 0 Å². The van der Waals surface area contributed by atoms with Crippen molar-refractivity contribution in [3.05, 3.63) is 106 Å². The minimum atomic E-state index is -0.235. The molecule has 0 aliphatic carbocycles. The summed E-state index contributed by atoms with van der Waals surface area (Å²) in [6, 6.07) is 20.0. The molecule has 1 N–H and O–H groups in total. The van der Waals surface area contributed by atoms with Gasteiger partial charge in [-0.3, -0.25) is 4.79 Å². The minimum absolute atomic E-state index is 0.0841. The van der Waals surface area contributed by atoms with Gasteiger partial charge in [0.05, 0.1) is 0 Å². The van der Waals surface area contributed by atoms with Crippen molar-refractivity contribution in [3.8, 4) is 0 Å². The van der Waals surface area contributed by atoms with Crippen LogP contribution in [0.2, 0.25) is 5.02 Å². The third-order valence-electron chi connectivity index (χ3n) is 5.77. The summed E-state index contributed by atoms with van der Waals surface area (Å²) in [5, 5.41) is 4.77.